The molecular weight excluding hydrogens is 366 g/mol. The molecule has 0 bridgehead atoms. The molecule has 154 valence electrons. The van der Waals surface area contributed by atoms with Crippen molar-refractivity contribution in [2.45, 2.75) is 57.7 Å². The predicted octanol–water partition coefficient (Wildman–Crippen LogP) is 3.30. The Morgan fingerprint density at radius 2 is 1.90 bits per heavy atom. The fraction of sp³-hybridized carbons (Fsp3) is 0.500. The van der Waals surface area contributed by atoms with Gasteiger partial charge in [0, 0.05) is 25.9 Å². The Balaban J connectivity index is 1.29. The van der Waals surface area contributed by atoms with Crippen LogP contribution in [0.2, 0.25) is 0 Å². The highest BCUT2D eigenvalue weighted by Gasteiger charge is 2.25. The molecule has 1 aliphatic carbocycles. The van der Waals surface area contributed by atoms with Gasteiger partial charge in [-0.15, -0.1) is 0 Å². The van der Waals surface area contributed by atoms with Gasteiger partial charge < -0.3 is 20.3 Å². The van der Waals surface area contributed by atoms with Crippen LogP contribution in [0.3, 0.4) is 0 Å². The molecule has 2 fully saturated rings. The van der Waals surface area contributed by atoms with E-state index in [-0.39, 0.29) is 18.1 Å². The van der Waals surface area contributed by atoms with E-state index >= 15 is 0 Å². The Kier molecular flexibility index (Phi) is 5.83. The topological polar surface area (TPSA) is 79.4 Å². The summed E-state index contributed by atoms with van der Waals surface area (Å²) in [7, 11) is 0. The van der Waals surface area contributed by atoms with Gasteiger partial charge in [0.05, 0.1) is 30.7 Å². The van der Waals surface area contributed by atoms with Crippen LogP contribution in [-0.4, -0.2) is 41.1 Å². The lowest BCUT2D eigenvalue weighted by Crippen LogP contribution is -2.28. The molecule has 2 atom stereocenters. The quantitative estimate of drug-likeness (QED) is 0.749. The van der Waals surface area contributed by atoms with Crippen molar-refractivity contribution in [1.29, 1.82) is 0 Å². The minimum absolute atomic E-state index is 0.00900. The standard InChI is InChI=1S/C22H29N5O2/c1-15(25-16(2)28)17-6-8-20(9-7-17)29-21-10-11-27(14-21)19-12-23-22(24-13-19)26-18-4-3-5-18/h6-9,12-13,15,18,21H,3-5,10-11,14H2,1-2H3,(H,25,28)(H,23,24,26)/t15-,21+/m0/s1. The maximum atomic E-state index is 11.2. The van der Waals surface area contributed by atoms with Gasteiger partial charge in [-0.1, -0.05) is 12.1 Å². The number of anilines is 2. The molecule has 1 saturated carbocycles. The summed E-state index contributed by atoms with van der Waals surface area (Å²) in [4.78, 5) is 22.4. The first-order valence-electron chi connectivity index (χ1n) is 10.4. The van der Waals surface area contributed by atoms with Gasteiger partial charge in [0.15, 0.2) is 0 Å². The van der Waals surface area contributed by atoms with E-state index in [2.05, 4.69) is 25.5 Å². The van der Waals surface area contributed by atoms with Gasteiger partial charge in [-0.3, -0.25) is 4.79 Å². The van der Waals surface area contributed by atoms with Crippen LogP contribution < -0.4 is 20.3 Å². The van der Waals surface area contributed by atoms with Crippen LogP contribution in [0.15, 0.2) is 36.7 Å². The van der Waals surface area contributed by atoms with E-state index in [1.807, 2.05) is 43.6 Å². The molecule has 2 N–H and O–H groups in total. The first kappa shape index (κ1) is 19.5. The molecule has 2 aliphatic rings. The van der Waals surface area contributed by atoms with Crippen LogP contribution >= 0.6 is 0 Å². The van der Waals surface area contributed by atoms with Gasteiger partial charge in [-0.2, -0.15) is 0 Å². The van der Waals surface area contributed by atoms with E-state index in [0.29, 0.717) is 6.04 Å². The Morgan fingerprint density at radius 3 is 2.52 bits per heavy atom. The number of ether oxygens (including phenoxy) is 1. The van der Waals surface area contributed by atoms with Crippen molar-refractivity contribution < 1.29 is 9.53 Å². The van der Waals surface area contributed by atoms with Crippen LogP contribution in [0.25, 0.3) is 0 Å². The van der Waals surface area contributed by atoms with Gasteiger partial charge in [-0.05, 0) is 43.9 Å². The third kappa shape index (κ3) is 4.96. The molecule has 1 amide bonds. The molecule has 2 heterocycles. The summed E-state index contributed by atoms with van der Waals surface area (Å²) in [6.07, 6.45) is 8.62. The molecule has 0 radical (unpaired) electrons. The summed E-state index contributed by atoms with van der Waals surface area (Å²) < 4.78 is 6.16. The third-order valence-electron chi connectivity index (χ3n) is 5.69. The predicted molar refractivity (Wildman–Crippen MR) is 113 cm³/mol. The summed E-state index contributed by atoms with van der Waals surface area (Å²) >= 11 is 0. The van der Waals surface area contributed by atoms with E-state index in [1.165, 1.54) is 26.2 Å². The maximum absolute atomic E-state index is 11.2. The van der Waals surface area contributed by atoms with Gasteiger partial charge >= 0.3 is 0 Å². The second-order valence-electron chi connectivity index (χ2n) is 8.00. The summed E-state index contributed by atoms with van der Waals surface area (Å²) in [6.45, 7) is 5.26. The smallest absolute Gasteiger partial charge is 0.222 e. The number of carbonyl (C=O) groups excluding carboxylic acids is 1. The highest BCUT2D eigenvalue weighted by Crippen LogP contribution is 2.25. The number of rotatable bonds is 7. The molecule has 1 saturated heterocycles. The third-order valence-corrected chi connectivity index (χ3v) is 5.69. The lowest BCUT2D eigenvalue weighted by Gasteiger charge is -2.26. The van der Waals surface area contributed by atoms with Crippen molar-refractivity contribution in [1.82, 2.24) is 15.3 Å². The fourth-order valence-corrected chi connectivity index (χ4v) is 3.77. The van der Waals surface area contributed by atoms with Crippen LogP contribution in [0.4, 0.5) is 11.6 Å². The lowest BCUT2D eigenvalue weighted by atomic mass is 9.93. The summed E-state index contributed by atoms with van der Waals surface area (Å²) in [6, 6.07) is 8.48. The van der Waals surface area contributed by atoms with E-state index in [4.69, 9.17) is 4.74 Å². The molecule has 1 aromatic carbocycles. The number of hydrogen-bond acceptors (Lipinski definition) is 6. The first-order chi connectivity index (χ1) is 14.1. The molecule has 0 unspecified atom stereocenters. The van der Waals surface area contributed by atoms with Crippen LogP contribution in [0.5, 0.6) is 5.75 Å². The average Bonchev–Trinajstić information content (AvgIpc) is 3.14. The molecule has 29 heavy (non-hydrogen) atoms. The van der Waals surface area contributed by atoms with Gasteiger partial charge in [0.1, 0.15) is 11.9 Å². The fourth-order valence-electron chi connectivity index (χ4n) is 3.77. The number of nitrogens with one attached hydrogen (secondary N) is 2. The molecule has 7 heteroatoms. The maximum Gasteiger partial charge on any atom is 0.222 e. The lowest BCUT2D eigenvalue weighted by molar-refractivity contribution is -0.119. The monoisotopic (exact) mass is 395 g/mol. The Bertz CT molecular complexity index is 820. The van der Waals surface area contributed by atoms with Crippen molar-refractivity contribution in [3.8, 4) is 5.75 Å². The zero-order valence-corrected chi connectivity index (χ0v) is 17.1. The Hall–Kier alpha value is -2.83. The van der Waals surface area contributed by atoms with Crippen LogP contribution in [-0.2, 0) is 4.79 Å². The zero-order chi connectivity index (χ0) is 20.2. The van der Waals surface area contributed by atoms with Crippen LogP contribution in [0.1, 0.15) is 51.1 Å². The number of benzene rings is 1. The molecule has 0 spiro atoms. The number of carbonyl (C=O) groups is 1. The molecule has 2 aromatic rings. The van der Waals surface area contributed by atoms with E-state index in [0.717, 1.165) is 42.5 Å². The number of aromatic nitrogens is 2. The second kappa shape index (κ2) is 8.68. The van der Waals surface area contributed by atoms with Gasteiger partial charge in [0.2, 0.25) is 11.9 Å². The highest BCUT2D eigenvalue weighted by molar-refractivity contribution is 5.73. The van der Waals surface area contributed by atoms with Crippen molar-refractivity contribution in [2.24, 2.45) is 0 Å². The van der Waals surface area contributed by atoms with E-state index in [9.17, 15) is 4.79 Å². The van der Waals surface area contributed by atoms with Crippen molar-refractivity contribution in [2.75, 3.05) is 23.3 Å². The van der Waals surface area contributed by atoms with Gasteiger partial charge in [0.25, 0.3) is 0 Å². The van der Waals surface area contributed by atoms with E-state index in [1.54, 1.807) is 0 Å². The van der Waals surface area contributed by atoms with Gasteiger partial charge in [-0.25, -0.2) is 9.97 Å². The molecule has 1 aromatic heterocycles. The number of amides is 1. The average molecular weight is 396 g/mol. The highest BCUT2D eigenvalue weighted by atomic mass is 16.5. The SMILES string of the molecule is CC(=O)N[C@@H](C)c1ccc(O[C@@H]2CCN(c3cnc(NC4CCC4)nc3)C2)cc1. The minimum Gasteiger partial charge on any atom is -0.489 e. The van der Waals surface area contributed by atoms with Crippen molar-refractivity contribution >= 4 is 17.5 Å². The molecule has 4 rings (SSSR count). The van der Waals surface area contributed by atoms with Crippen LogP contribution in [0, 0.1) is 0 Å². The van der Waals surface area contributed by atoms with Crippen molar-refractivity contribution in [3.63, 3.8) is 0 Å². The van der Waals surface area contributed by atoms with E-state index < -0.39 is 0 Å². The molecular formula is C22H29N5O2. The first-order valence-corrected chi connectivity index (χ1v) is 10.4. The normalized spacial score (nSPS) is 20.1. The summed E-state index contributed by atoms with van der Waals surface area (Å²) in [5.41, 5.74) is 2.10. The number of nitrogens with zero attached hydrogens (tertiary/aromatic N) is 3. The Morgan fingerprint density at radius 1 is 1.17 bits per heavy atom. The second-order valence-corrected chi connectivity index (χ2v) is 8.00. The molecule has 7 nitrogen and oxygen atoms in total. The largest absolute Gasteiger partial charge is 0.489 e. The van der Waals surface area contributed by atoms with Crippen molar-refractivity contribution in [3.05, 3.63) is 42.2 Å². The number of hydrogen-bond donors (Lipinski definition) is 2. The Labute approximate surface area is 171 Å². The zero-order valence-electron chi connectivity index (χ0n) is 17.1. The molecule has 1 aliphatic heterocycles. The minimum atomic E-state index is -0.0281. The summed E-state index contributed by atoms with van der Waals surface area (Å²) in [5.74, 6) is 1.55. The summed E-state index contributed by atoms with van der Waals surface area (Å²) in [5, 5.41) is 6.27.